The molecule has 1 fully saturated rings. The van der Waals surface area contributed by atoms with Crippen LogP contribution in [-0.2, 0) is 10.0 Å². The number of anilines is 1. The van der Waals surface area contributed by atoms with E-state index in [-0.39, 0.29) is 10.9 Å². The molecule has 0 radical (unpaired) electrons. The largest absolute Gasteiger partial charge is 0.398 e. The highest BCUT2D eigenvalue weighted by Gasteiger charge is 2.25. The molecule has 1 aliphatic rings. The molecule has 0 unspecified atom stereocenters. The van der Waals surface area contributed by atoms with Crippen LogP contribution in [0.25, 0.3) is 0 Å². The molecule has 0 aliphatic heterocycles. The SMILES string of the molecule is Cc1cc(N)c(S(=O)(=O)NC2CCC(C)CC2)cc1C. The Balaban J connectivity index is 2.20. The van der Waals surface area contributed by atoms with Gasteiger partial charge in [-0.3, -0.25) is 0 Å². The number of hydrogen-bond donors (Lipinski definition) is 2. The van der Waals surface area contributed by atoms with Gasteiger partial charge in [-0.25, -0.2) is 13.1 Å². The van der Waals surface area contributed by atoms with Crippen molar-refractivity contribution in [2.24, 2.45) is 5.92 Å². The Labute approximate surface area is 121 Å². The first-order valence-corrected chi connectivity index (χ1v) is 8.67. The first kappa shape index (κ1) is 15.3. The van der Waals surface area contributed by atoms with E-state index in [0.717, 1.165) is 36.8 Å². The fraction of sp³-hybridized carbons (Fsp3) is 0.600. The molecule has 0 atom stereocenters. The van der Waals surface area contributed by atoms with Crippen LogP contribution >= 0.6 is 0 Å². The molecule has 1 aliphatic carbocycles. The van der Waals surface area contributed by atoms with Crippen LogP contribution in [0.1, 0.15) is 43.7 Å². The van der Waals surface area contributed by atoms with Crippen molar-refractivity contribution in [3.05, 3.63) is 23.3 Å². The molecule has 1 saturated carbocycles. The van der Waals surface area contributed by atoms with Gasteiger partial charge in [-0.1, -0.05) is 6.92 Å². The van der Waals surface area contributed by atoms with Gasteiger partial charge in [0, 0.05) is 6.04 Å². The van der Waals surface area contributed by atoms with Gasteiger partial charge in [-0.2, -0.15) is 0 Å². The summed E-state index contributed by atoms with van der Waals surface area (Å²) in [7, 11) is -3.52. The van der Waals surface area contributed by atoms with E-state index >= 15 is 0 Å². The maximum absolute atomic E-state index is 12.5. The molecular formula is C15H24N2O2S. The average Bonchev–Trinajstić information content (AvgIpc) is 2.36. The van der Waals surface area contributed by atoms with Crippen LogP contribution in [0.5, 0.6) is 0 Å². The number of nitrogen functional groups attached to an aromatic ring is 1. The number of sulfonamides is 1. The number of benzene rings is 1. The lowest BCUT2D eigenvalue weighted by Gasteiger charge is -2.27. The Morgan fingerprint density at radius 2 is 1.65 bits per heavy atom. The van der Waals surface area contributed by atoms with Crippen LogP contribution in [0.3, 0.4) is 0 Å². The molecule has 4 nitrogen and oxygen atoms in total. The lowest BCUT2D eigenvalue weighted by Crippen LogP contribution is -2.37. The van der Waals surface area contributed by atoms with Crippen LogP contribution in [0.4, 0.5) is 5.69 Å². The van der Waals surface area contributed by atoms with Crippen LogP contribution in [-0.4, -0.2) is 14.5 Å². The number of rotatable bonds is 3. The van der Waals surface area contributed by atoms with E-state index in [1.54, 1.807) is 12.1 Å². The van der Waals surface area contributed by atoms with E-state index < -0.39 is 10.0 Å². The summed E-state index contributed by atoms with van der Waals surface area (Å²) in [5.74, 6) is 0.697. The van der Waals surface area contributed by atoms with Crippen LogP contribution in [0, 0.1) is 19.8 Å². The third-order valence-corrected chi connectivity index (χ3v) is 5.83. The zero-order chi connectivity index (χ0) is 14.9. The topological polar surface area (TPSA) is 72.2 Å². The van der Waals surface area contributed by atoms with E-state index in [2.05, 4.69) is 11.6 Å². The minimum atomic E-state index is -3.52. The van der Waals surface area contributed by atoms with Gasteiger partial charge in [0.05, 0.1) is 5.69 Å². The van der Waals surface area contributed by atoms with E-state index in [0.29, 0.717) is 11.6 Å². The highest BCUT2D eigenvalue weighted by atomic mass is 32.2. The number of nitrogens with two attached hydrogens (primary N) is 1. The highest BCUT2D eigenvalue weighted by Crippen LogP contribution is 2.27. The van der Waals surface area contributed by atoms with Crippen molar-refractivity contribution in [1.29, 1.82) is 0 Å². The monoisotopic (exact) mass is 296 g/mol. The van der Waals surface area contributed by atoms with E-state index in [4.69, 9.17) is 5.73 Å². The molecule has 1 aromatic carbocycles. The average molecular weight is 296 g/mol. The summed E-state index contributed by atoms with van der Waals surface area (Å²) >= 11 is 0. The van der Waals surface area contributed by atoms with E-state index in [1.807, 2.05) is 13.8 Å². The van der Waals surface area contributed by atoms with Gasteiger partial charge in [0.2, 0.25) is 10.0 Å². The molecule has 0 saturated heterocycles. The first-order chi connectivity index (χ1) is 9.29. The Kier molecular flexibility index (Phi) is 4.39. The van der Waals surface area contributed by atoms with Crippen molar-refractivity contribution < 1.29 is 8.42 Å². The molecular weight excluding hydrogens is 272 g/mol. The summed E-state index contributed by atoms with van der Waals surface area (Å²) in [6.07, 6.45) is 3.97. The zero-order valence-corrected chi connectivity index (χ0v) is 13.3. The second-order valence-electron chi connectivity index (χ2n) is 6.05. The summed E-state index contributed by atoms with van der Waals surface area (Å²) in [5, 5.41) is 0. The molecule has 0 heterocycles. The Morgan fingerprint density at radius 3 is 2.25 bits per heavy atom. The van der Waals surface area contributed by atoms with Crippen molar-refractivity contribution in [2.75, 3.05) is 5.73 Å². The van der Waals surface area contributed by atoms with Crippen molar-refractivity contribution >= 4 is 15.7 Å². The van der Waals surface area contributed by atoms with Gasteiger partial charge in [-0.05, 0) is 68.7 Å². The third-order valence-electron chi connectivity index (χ3n) is 4.25. The molecule has 0 amide bonds. The Morgan fingerprint density at radius 1 is 1.10 bits per heavy atom. The second kappa shape index (κ2) is 5.74. The lowest BCUT2D eigenvalue weighted by atomic mass is 9.88. The van der Waals surface area contributed by atoms with E-state index in [1.165, 1.54) is 0 Å². The fourth-order valence-corrected chi connectivity index (χ4v) is 4.21. The summed E-state index contributed by atoms with van der Waals surface area (Å²) < 4.78 is 27.8. The molecule has 0 bridgehead atoms. The number of nitrogens with one attached hydrogen (secondary N) is 1. The standard InChI is InChI=1S/C15H24N2O2S/c1-10-4-6-13(7-5-10)17-20(18,19)15-9-12(3)11(2)8-14(15)16/h8-10,13,17H,4-7,16H2,1-3H3. The van der Waals surface area contributed by atoms with Crippen LogP contribution in [0.2, 0.25) is 0 Å². The summed E-state index contributed by atoms with van der Waals surface area (Å²) in [6.45, 7) is 6.04. The molecule has 1 aromatic rings. The van der Waals surface area contributed by atoms with Gasteiger partial charge in [-0.15, -0.1) is 0 Å². The minimum absolute atomic E-state index is 0.0391. The molecule has 20 heavy (non-hydrogen) atoms. The van der Waals surface area contributed by atoms with Crippen molar-refractivity contribution in [2.45, 2.75) is 57.4 Å². The molecule has 3 N–H and O–H groups in total. The smallest absolute Gasteiger partial charge is 0.242 e. The quantitative estimate of drug-likeness (QED) is 0.842. The first-order valence-electron chi connectivity index (χ1n) is 7.18. The Hall–Kier alpha value is -1.07. The molecule has 2 rings (SSSR count). The van der Waals surface area contributed by atoms with Gasteiger partial charge in [0.1, 0.15) is 4.90 Å². The molecule has 0 aromatic heterocycles. The molecule has 5 heteroatoms. The van der Waals surface area contributed by atoms with Crippen molar-refractivity contribution in [3.63, 3.8) is 0 Å². The molecule has 112 valence electrons. The van der Waals surface area contributed by atoms with Gasteiger partial charge < -0.3 is 5.73 Å². The fourth-order valence-electron chi connectivity index (χ4n) is 2.71. The van der Waals surface area contributed by atoms with Gasteiger partial charge in [0.15, 0.2) is 0 Å². The number of aryl methyl sites for hydroxylation is 2. The normalized spacial score (nSPS) is 23.8. The second-order valence-corrected chi connectivity index (χ2v) is 7.73. The third kappa shape index (κ3) is 3.33. The highest BCUT2D eigenvalue weighted by molar-refractivity contribution is 7.89. The summed E-state index contributed by atoms with van der Waals surface area (Å²) in [5.41, 5.74) is 8.16. The van der Waals surface area contributed by atoms with Crippen LogP contribution < -0.4 is 10.5 Å². The zero-order valence-electron chi connectivity index (χ0n) is 12.4. The minimum Gasteiger partial charge on any atom is -0.398 e. The van der Waals surface area contributed by atoms with Crippen molar-refractivity contribution in [3.8, 4) is 0 Å². The summed E-state index contributed by atoms with van der Waals surface area (Å²) in [6, 6.07) is 3.43. The predicted octanol–water partition coefficient (Wildman–Crippen LogP) is 2.74. The Bertz CT molecular complexity index is 588. The predicted molar refractivity (Wildman–Crippen MR) is 82.1 cm³/mol. The maximum atomic E-state index is 12.5. The van der Waals surface area contributed by atoms with E-state index in [9.17, 15) is 8.42 Å². The molecule has 0 spiro atoms. The lowest BCUT2D eigenvalue weighted by molar-refractivity contribution is 0.332. The summed E-state index contributed by atoms with van der Waals surface area (Å²) in [4.78, 5) is 0.208. The van der Waals surface area contributed by atoms with Crippen molar-refractivity contribution in [1.82, 2.24) is 4.72 Å². The number of hydrogen-bond acceptors (Lipinski definition) is 3. The van der Waals surface area contributed by atoms with Crippen LogP contribution in [0.15, 0.2) is 17.0 Å². The maximum Gasteiger partial charge on any atom is 0.242 e. The van der Waals surface area contributed by atoms with Gasteiger partial charge >= 0.3 is 0 Å². The van der Waals surface area contributed by atoms with Gasteiger partial charge in [0.25, 0.3) is 0 Å².